The van der Waals surface area contributed by atoms with E-state index < -0.39 is 0 Å². The van der Waals surface area contributed by atoms with Crippen molar-refractivity contribution in [3.8, 4) is 0 Å². The zero-order valence-corrected chi connectivity index (χ0v) is 13.7. The Morgan fingerprint density at radius 3 is 2.62 bits per heavy atom. The van der Waals surface area contributed by atoms with E-state index >= 15 is 0 Å². The third kappa shape index (κ3) is 3.17. The number of halogens is 1. The number of guanidine groups is 1. The third-order valence-corrected chi connectivity index (χ3v) is 4.26. The molecule has 0 saturated heterocycles. The largest absolute Gasteiger partial charge is 0.369 e. The molecule has 0 aromatic heterocycles. The van der Waals surface area contributed by atoms with Crippen LogP contribution in [0, 0.1) is 12.3 Å². The fourth-order valence-corrected chi connectivity index (χ4v) is 2.61. The summed E-state index contributed by atoms with van der Waals surface area (Å²) in [6.45, 7) is 4.04. The van der Waals surface area contributed by atoms with Crippen molar-refractivity contribution < 1.29 is 0 Å². The molecule has 2 rings (SSSR count). The first-order chi connectivity index (χ1) is 9.95. The second-order valence-corrected chi connectivity index (χ2v) is 5.66. The van der Waals surface area contributed by atoms with Gasteiger partial charge in [-0.3, -0.25) is 10.3 Å². The maximum atomic E-state index is 7.93. The van der Waals surface area contributed by atoms with E-state index in [2.05, 4.69) is 19.6 Å². The van der Waals surface area contributed by atoms with Crippen molar-refractivity contribution in [2.24, 2.45) is 5.73 Å². The number of hydrogen-bond donors (Lipinski definition) is 3. The number of nitrogens with one attached hydrogen (secondary N) is 1. The molecule has 0 saturated carbocycles. The smallest absolute Gasteiger partial charge is 0.197 e. The summed E-state index contributed by atoms with van der Waals surface area (Å²) in [5.41, 5.74) is 9.40. The van der Waals surface area contributed by atoms with Crippen LogP contribution in [0.5, 0.6) is 0 Å². The van der Waals surface area contributed by atoms with E-state index in [9.17, 15) is 0 Å². The molecule has 0 bridgehead atoms. The van der Waals surface area contributed by atoms with E-state index in [1.807, 2.05) is 43.3 Å². The molecule has 21 heavy (non-hydrogen) atoms. The molecule has 3 nitrogen and oxygen atoms in total. The maximum Gasteiger partial charge on any atom is 0.197 e. The van der Waals surface area contributed by atoms with Crippen LogP contribution in [0.1, 0.15) is 18.1 Å². The summed E-state index contributed by atoms with van der Waals surface area (Å²) >= 11 is 10.9. The summed E-state index contributed by atoms with van der Waals surface area (Å²) in [4.78, 5) is 2.40. The van der Waals surface area contributed by atoms with Crippen LogP contribution < -0.4 is 10.6 Å². The second kappa shape index (κ2) is 6.41. The molecule has 110 valence electrons. The van der Waals surface area contributed by atoms with Gasteiger partial charge in [0, 0.05) is 4.90 Å². The molecule has 0 atom stereocenters. The summed E-state index contributed by atoms with van der Waals surface area (Å²) in [6, 6.07) is 11.5. The number of benzene rings is 2. The van der Waals surface area contributed by atoms with E-state index in [0.717, 1.165) is 28.1 Å². The van der Waals surface area contributed by atoms with Gasteiger partial charge in [-0.1, -0.05) is 36.7 Å². The molecular formula is C16H18ClN3S. The lowest BCUT2D eigenvalue weighted by Gasteiger charge is -2.26. The van der Waals surface area contributed by atoms with Gasteiger partial charge in [-0.2, -0.15) is 0 Å². The highest BCUT2D eigenvalue weighted by molar-refractivity contribution is 7.80. The molecule has 0 fully saturated rings. The Hall–Kier alpha value is -1.65. The van der Waals surface area contributed by atoms with Crippen molar-refractivity contribution in [3.05, 3.63) is 52.5 Å². The molecular weight excluding hydrogens is 302 g/mol. The fraction of sp³-hybridized carbons (Fsp3) is 0.188. The topological polar surface area (TPSA) is 53.1 Å². The molecule has 2 aromatic rings. The van der Waals surface area contributed by atoms with Crippen LogP contribution in [-0.2, 0) is 6.42 Å². The monoisotopic (exact) mass is 319 g/mol. The van der Waals surface area contributed by atoms with E-state index in [4.69, 9.17) is 22.7 Å². The first kappa shape index (κ1) is 15.7. The average molecular weight is 320 g/mol. The predicted molar refractivity (Wildman–Crippen MR) is 93.3 cm³/mol. The molecule has 0 radical (unpaired) electrons. The molecule has 3 N–H and O–H groups in total. The molecule has 0 heterocycles. The number of nitrogens with two attached hydrogens (primary N) is 1. The van der Waals surface area contributed by atoms with E-state index in [1.54, 1.807) is 4.90 Å². The highest BCUT2D eigenvalue weighted by atomic mass is 35.5. The minimum absolute atomic E-state index is 0.0916. The SMILES string of the molecule is CCc1ccc(Cl)c(N(C(=N)N)c2cccc(C)c2S)c1. The Bertz CT molecular complexity index is 685. The van der Waals surface area contributed by atoms with Gasteiger partial charge in [0.15, 0.2) is 5.96 Å². The Balaban J connectivity index is 2.65. The summed E-state index contributed by atoms with van der Waals surface area (Å²) in [5, 5.41) is 8.48. The lowest BCUT2D eigenvalue weighted by molar-refractivity contribution is 1.13. The highest BCUT2D eigenvalue weighted by Gasteiger charge is 2.18. The second-order valence-electron chi connectivity index (χ2n) is 4.80. The summed E-state index contributed by atoms with van der Waals surface area (Å²) in [6.07, 6.45) is 0.886. The molecule has 0 aliphatic carbocycles. The third-order valence-electron chi connectivity index (χ3n) is 3.36. The lowest BCUT2D eigenvalue weighted by Crippen LogP contribution is -2.33. The molecule has 0 aliphatic rings. The van der Waals surface area contributed by atoms with E-state index in [1.165, 1.54) is 0 Å². The predicted octanol–water partition coefficient (Wildman–Crippen LogP) is 4.53. The van der Waals surface area contributed by atoms with Crippen LogP contribution in [-0.4, -0.2) is 5.96 Å². The molecule has 2 aromatic carbocycles. The van der Waals surface area contributed by atoms with Gasteiger partial charge in [-0.15, -0.1) is 12.6 Å². The van der Waals surface area contributed by atoms with Gasteiger partial charge in [0.05, 0.1) is 16.4 Å². The van der Waals surface area contributed by atoms with Gasteiger partial charge < -0.3 is 5.73 Å². The van der Waals surface area contributed by atoms with Crippen LogP contribution >= 0.6 is 24.2 Å². The molecule has 0 spiro atoms. The van der Waals surface area contributed by atoms with Crippen molar-refractivity contribution in [2.75, 3.05) is 4.90 Å². The van der Waals surface area contributed by atoms with Gasteiger partial charge in [0.2, 0.25) is 0 Å². The van der Waals surface area contributed by atoms with Crippen LogP contribution in [0.3, 0.4) is 0 Å². The summed E-state index contributed by atoms with van der Waals surface area (Å²) < 4.78 is 0. The van der Waals surface area contributed by atoms with Crippen LogP contribution in [0.15, 0.2) is 41.3 Å². The zero-order chi connectivity index (χ0) is 15.6. The summed E-state index contributed by atoms with van der Waals surface area (Å²) in [5.74, 6) is -0.0916. The van der Waals surface area contributed by atoms with Crippen LogP contribution in [0.2, 0.25) is 5.02 Å². The van der Waals surface area contributed by atoms with Gasteiger partial charge in [-0.05, 0) is 42.7 Å². The number of hydrogen-bond acceptors (Lipinski definition) is 2. The van der Waals surface area contributed by atoms with Crippen molar-refractivity contribution in [3.63, 3.8) is 0 Å². The highest BCUT2D eigenvalue weighted by Crippen LogP contribution is 2.36. The van der Waals surface area contributed by atoms with Gasteiger partial charge >= 0.3 is 0 Å². The number of anilines is 2. The van der Waals surface area contributed by atoms with Crippen LogP contribution in [0.25, 0.3) is 0 Å². The Morgan fingerprint density at radius 2 is 2.00 bits per heavy atom. The Morgan fingerprint density at radius 1 is 1.29 bits per heavy atom. The van der Waals surface area contributed by atoms with E-state index in [-0.39, 0.29) is 5.96 Å². The number of aryl methyl sites for hydroxylation is 2. The van der Waals surface area contributed by atoms with Crippen LogP contribution in [0.4, 0.5) is 11.4 Å². The summed E-state index contributed by atoms with van der Waals surface area (Å²) in [7, 11) is 0. The average Bonchev–Trinajstić information content (AvgIpc) is 2.45. The Kier molecular flexibility index (Phi) is 4.80. The lowest BCUT2D eigenvalue weighted by atomic mass is 10.1. The van der Waals surface area contributed by atoms with Crippen molar-refractivity contribution >= 4 is 41.6 Å². The first-order valence-corrected chi connectivity index (χ1v) is 7.49. The number of thiol groups is 1. The maximum absolute atomic E-state index is 7.93. The fourth-order valence-electron chi connectivity index (χ4n) is 2.16. The molecule has 0 aliphatic heterocycles. The van der Waals surface area contributed by atoms with Crippen molar-refractivity contribution in [2.45, 2.75) is 25.2 Å². The quantitative estimate of drug-likeness (QED) is 0.442. The standard InChI is InChI=1S/C16H18ClN3S/c1-3-11-7-8-12(17)14(9-11)20(16(18)19)13-6-4-5-10(2)15(13)21/h4-9,21H,3H2,1-2H3,(H3,18,19). The minimum Gasteiger partial charge on any atom is -0.369 e. The van der Waals surface area contributed by atoms with Gasteiger partial charge in [0.1, 0.15) is 0 Å². The number of nitrogens with zero attached hydrogens (tertiary/aromatic N) is 1. The normalized spacial score (nSPS) is 10.5. The minimum atomic E-state index is -0.0916. The van der Waals surface area contributed by atoms with Gasteiger partial charge in [0.25, 0.3) is 0 Å². The first-order valence-electron chi connectivity index (χ1n) is 6.66. The number of rotatable bonds is 3. The molecule has 5 heteroatoms. The van der Waals surface area contributed by atoms with Gasteiger partial charge in [-0.25, -0.2) is 0 Å². The Labute approximate surface area is 135 Å². The van der Waals surface area contributed by atoms with E-state index in [0.29, 0.717) is 10.7 Å². The zero-order valence-electron chi connectivity index (χ0n) is 12.0. The molecule has 0 amide bonds. The van der Waals surface area contributed by atoms with Crippen molar-refractivity contribution in [1.82, 2.24) is 0 Å². The van der Waals surface area contributed by atoms with Crippen molar-refractivity contribution in [1.29, 1.82) is 5.41 Å². The molecule has 0 unspecified atom stereocenters.